The molecular weight excluding hydrogens is 738 g/mol. The van der Waals surface area contributed by atoms with Gasteiger partial charge in [-0.2, -0.15) is 0 Å². The summed E-state index contributed by atoms with van der Waals surface area (Å²) in [5.41, 5.74) is 4.51. The van der Waals surface area contributed by atoms with Gasteiger partial charge in [0.1, 0.15) is 0 Å². The molecule has 6 saturated carbocycles. The van der Waals surface area contributed by atoms with Crippen molar-refractivity contribution in [2.75, 3.05) is 0 Å². The smallest absolute Gasteiger partial charge is 2.00 e. The minimum absolute atomic E-state index is 0. The molecular formula is C42H76Cl2P2Ru+2. The molecule has 6 aliphatic carbocycles. The Morgan fingerprint density at radius 3 is 0.702 bits per heavy atom. The van der Waals surface area contributed by atoms with Gasteiger partial charge in [0, 0.05) is 0 Å². The van der Waals surface area contributed by atoms with Crippen molar-refractivity contribution in [1.29, 1.82) is 0 Å². The van der Waals surface area contributed by atoms with E-state index in [2.05, 4.69) is 26.8 Å². The standard InChI is InChI=1S/C42H76Cl2P2.Ru/c1-42(2,3)34-41(45(43,35-22-10-4-11-23-35,36-24-12-5-13-25-36)37-26-14-6-15-27-37)46(44,38-28-16-7-17-29-38,39-30-18-8-19-31-39)40-32-20-9-21-33-40;/h34-40H,4-33H2,1-3H3;/q;+2. The SMILES string of the molecule is CC(C)(C)C=C(P(Cl)(C1CCCCC1)(C1CCCCC1)C1CCCCC1)P(Cl)(C1CCCCC1)(C1CCCCC1)C1CCCCC1.[Ru+2]. The van der Waals surface area contributed by atoms with Gasteiger partial charge in [0.15, 0.2) is 0 Å². The molecule has 5 heteroatoms. The van der Waals surface area contributed by atoms with E-state index in [4.69, 9.17) is 0 Å². The van der Waals surface area contributed by atoms with Crippen LogP contribution in [-0.4, -0.2) is 34.0 Å². The summed E-state index contributed by atoms with van der Waals surface area (Å²) in [6.07, 6.45) is 45.7. The molecule has 0 saturated heterocycles. The van der Waals surface area contributed by atoms with Gasteiger partial charge in [0.05, 0.1) is 0 Å². The molecule has 6 fully saturated rings. The van der Waals surface area contributed by atoms with Gasteiger partial charge in [0.2, 0.25) is 0 Å². The van der Waals surface area contributed by atoms with Crippen molar-refractivity contribution < 1.29 is 19.5 Å². The van der Waals surface area contributed by atoms with Crippen LogP contribution in [0.5, 0.6) is 0 Å². The molecule has 0 aliphatic heterocycles. The summed E-state index contributed by atoms with van der Waals surface area (Å²) in [7, 11) is 0. The van der Waals surface area contributed by atoms with E-state index in [1.165, 1.54) is 193 Å². The maximum Gasteiger partial charge on any atom is 2.00 e. The van der Waals surface area contributed by atoms with Crippen LogP contribution in [0.25, 0.3) is 0 Å². The first-order chi connectivity index (χ1) is 22.1. The summed E-state index contributed by atoms with van der Waals surface area (Å²) in [5, 5.41) is 1.99. The molecule has 274 valence electrons. The second-order valence-electron chi connectivity index (χ2n) is 19.0. The average Bonchev–Trinajstić information content (AvgIpc) is 3.12. The van der Waals surface area contributed by atoms with Gasteiger partial charge in [0.25, 0.3) is 0 Å². The van der Waals surface area contributed by atoms with Crippen molar-refractivity contribution in [3.05, 3.63) is 11.1 Å². The van der Waals surface area contributed by atoms with E-state index >= 15 is 0 Å². The van der Waals surface area contributed by atoms with Crippen molar-refractivity contribution in [1.82, 2.24) is 0 Å². The third-order valence-electron chi connectivity index (χ3n) is 15.4. The van der Waals surface area contributed by atoms with Gasteiger partial charge in [-0.1, -0.05) is 0 Å². The van der Waals surface area contributed by atoms with Crippen LogP contribution in [0.15, 0.2) is 11.1 Å². The largest absolute Gasteiger partial charge is 2.00 e. The van der Waals surface area contributed by atoms with Gasteiger partial charge in [-0.15, -0.1) is 0 Å². The number of halogens is 2. The van der Waals surface area contributed by atoms with E-state index in [1.807, 2.05) is 5.06 Å². The van der Waals surface area contributed by atoms with Crippen molar-refractivity contribution in [3.8, 4) is 0 Å². The first kappa shape index (κ1) is 40.0. The van der Waals surface area contributed by atoms with Gasteiger partial charge in [-0.3, -0.25) is 0 Å². The molecule has 0 radical (unpaired) electrons. The Bertz CT molecular complexity index is 845. The van der Waals surface area contributed by atoms with Crippen LogP contribution < -0.4 is 0 Å². The topological polar surface area (TPSA) is 0 Å². The predicted octanol–water partition coefficient (Wildman–Crippen LogP) is 16.3. The van der Waals surface area contributed by atoms with Gasteiger partial charge >= 0.3 is 318 Å². The zero-order valence-electron chi connectivity index (χ0n) is 31.3. The minimum Gasteiger partial charge on any atom is 2.00 e. The zero-order valence-corrected chi connectivity index (χ0v) is 36.3. The van der Waals surface area contributed by atoms with E-state index in [0.29, 0.717) is 0 Å². The molecule has 0 aromatic carbocycles. The molecule has 0 spiro atoms. The molecule has 0 heterocycles. The third-order valence-corrected chi connectivity index (χ3v) is 39.1. The molecule has 0 aromatic rings. The normalized spacial score (nSPS) is 28.4. The second-order valence-corrected chi connectivity index (χ2v) is 34.1. The zero-order chi connectivity index (χ0) is 32.4. The Hall–Kier alpha value is 1.80. The maximum absolute atomic E-state index is 9.85. The molecule has 0 bridgehead atoms. The molecule has 0 nitrogen and oxygen atoms in total. The molecule has 0 amide bonds. The fourth-order valence-corrected chi connectivity index (χ4v) is 43.0. The molecule has 6 rings (SSSR count). The van der Waals surface area contributed by atoms with Crippen LogP contribution in [0.1, 0.15) is 213 Å². The van der Waals surface area contributed by atoms with E-state index in [0.717, 1.165) is 34.0 Å². The number of hydrogen-bond donors (Lipinski definition) is 0. The molecule has 0 aromatic heterocycles. The van der Waals surface area contributed by atoms with Crippen LogP contribution in [0.2, 0.25) is 0 Å². The van der Waals surface area contributed by atoms with Crippen molar-refractivity contribution in [3.63, 3.8) is 0 Å². The van der Waals surface area contributed by atoms with Crippen LogP contribution in [0, 0.1) is 5.41 Å². The van der Waals surface area contributed by atoms with Crippen LogP contribution in [0.4, 0.5) is 0 Å². The Morgan fingerprint density at radius 2 is 0.553 bits per heavy atom. The summed E-state index contributed by atoms with van der Waals surface area (Å²) < 4.78 is 0. The Kier molecular flexibility index (Phi) is 14.0. The average molecular weight is 815 g/mol. The van der Waals surface area contributed by atoms with E-state index < -0.39 is 11.9 Å². The molecule has 0 unspecified atom stereocenters. The Morgan fingerprint density at radius 1 is 0.383 bits per heavy atom. The monoisotopic (exact) mass is 814 g/mol. The van der Waals surface area contributed by atoms with Crippen LogP contribution in [-0.2, 0) is 19.5 Å². The summed E-state index contributed by atoms with van der Waals surface area (Å²) in [6.45, 7) is 7.69. The Balaban J connectivity index is 0.00000433. The predicted molar refractivity (Wildman–Crippen MR) is 214 cm³/mol. The van der Waals surface area contributed by atoms with Crippen molar-refractivity contribution in [2.24, 2.45) is 5.41 Å². The van der Waals surface area contributed by atoms with Gasteiger partial charge in [-0.05, 0) is 0 Å². The van der Waals surface area contributed by atoms with E-state index in [9.17, 15) is 22.5 Å². The summed E-state index contributed by atoms with van der Waals surface area (Å²) in [4.78, 5) is 0. The van der Waals surface area contributed by atoms with Crippen molar-refractivity contribution in [2.45, 2.75) is 247 Å². The van der Waals surface area contributed by atoms with Crippen LogP contribution >= 0.6 is 34.4 Å². The molecule has 0 N–H and O–H groups in total. The fourth-order valence-electron chi connectivity index (χ4n) is 13.7. The van der Waals surface area contributed by atoms with Gasteiger partial charge < -0.3 is 0 Å². The summed E-state index contributed by atoms with van der Waals surface area (Å²) >= 11 is 19.7. The molecule has 0 atom stereocenters. The van der Waals surface area contributed by atoms with E-state index in [1.54, 1.807) is 0 Å². The first-order valence-electron chi connectivity index (χ1n) is 21.3. The maximum atomic E-state index is 9.85. The summed E-state index contributed by atoms with van der Waals surface area (Å²) in [6, 6.07) is 0. The first-order valence-corrected chi connectivity index (χ1v) is 28.0. The third kappa shape index (κ3) is 7.11. The number of hydrogen-bond acceptors (Lipinski definition) is 0. The van der Waals surface area contributed by atoms with Crippen LogP contribution in [0.3, 0.4) is 0 Å². The number of rotatable bonds is 8. The van der Waals surface area contributed by atoms with Crippen molar-refractivity contribution >= 4 is 34.4 Å². The summed E-state index contributed by atoms with van der Waals surface area (Å²) in [5.74, 6) is -6.17. The minimum atomic E-state index is -3.09. The quantitative estimate of drug-likeness (QED) is 0.169. The Labute approximate surface area is 315 Å². The number of allylic oxidation sites excluding steroid dienone is 1. The van der Waals surface area contributed by atoms with E-state index in [-0.39, 0.29) is 24.9 Å². The fraction of sp³-hybridized carbons (Fsp3) is 0.952. The second kappa shape index (κ2) is 16.4. The van der Waals surface area contributed by atoms with Gasteiger partial charge in [-0.25, -0.2) is 0 Å². The molecule has 6 aliphatic rings. The molecule has 47 heavy (non-hydrogen) atoms.